The van der Waals surface area contributed by atoms with E-state index in [2.05, 4.69) is 16.0 Å². The van der Waals surface area contributed by atoms with Crippen molar-refractivity contribution in [2.45, 2.75) is 71.1 Å². The van der Waals surface area contributed by atoms with Crippen molar-refractivity contribution in [1.82, 2.24) is 16.0 Å². The number of hydrogen-bond donors (Lipinski definition) is 7. The van der Waals surface area contributed by atoms with Gasteiger partial charge in [0.25, 0.3) is 0 Å². The Kier molecular flexibility index (Phi) is 12.4. The first-order valence-corrected chi connectivity index (χ1v) is 10.1. The molecule has 9 N–H and O–H groups in total. The van der Waals surface area contributed by atoms with Gasteiger partial charge in [0.15, 0.2) is 0 Å². The molecule has 0 fully saturated rings. The molecule has 0 rings (SSSR count). The molecule has 0 saturated heterocycles. The lowest BCUT2D eigenvalue weighted by Crippen LogP contribution is -2.58. The van der Waals surface area contributed by atoms with Crippen LogP contribution in [0.2, 0.25) is 0 Å². The van der Waals surface area contributed by atoms with Gasteiger partial charge in [-0.05, 0) is 24.7 Å². The van der Waals surface area contributed by atoms with E-state index < -0.39 is 60.4 Å². The molecular formula is C19H35N5O7. The van der Waals surface area contributed by atoms with Gasteiger partial charge in [0.05, 0.1) is 12.6 Å². The quantitative estimate of drug-likeness (QED) is 0.155. The van der Waals surface area contributed by atoms with E-state index in [1.54, 1.807) is 27.7 Å². The fraction of sp³-hybridized carbons (Fsp3) is 0.737. The molecule has 0 aliphatic carbocycles. The first-order valence-electron chi connectivity index (χ1n) is 10.1. The van der Waals surface area contributed by atoms with Gasteiger partial charge in [0.2, 0.25) is 23.6 Å². The second-order valence-corrected chi connectivity index (χ2v) is 8.11. The summed E-state index contributed by atoms with van der Waals surface area (Å²) in [6.07, 6.45) is -0.221. The molecule has 31 heavy (non-hydrogen) atoms. The highest BCUT2D eigenvalue weighted by molar-refractivity contribution is 5.94. The van der Waals surface area contributed by atoms with Crippen molar-refractivity contribution in [2.24, 2.45) is 23.3 Å². The summed E-state index contributed by atoms with van der Waals surface area (Å²) >= 11 is 0. The highest BCUT2D eigenvalue weighted by Gasteiger charge is 2.30. The summed E-state index contributed by atoms with van der Waals surface area (Å²) in [6.45, 7) is 6.17. The standard InChI is InChI=1S/C19H35N5O7/c1-9(2)7-12(19(30)31)23-17(28)13(8-25)24-16(27)11(5-6-14(20)26)22-18(29)15(21)10(3)4/h9-13,15,25H,5-8,21H2,1-4H3,(H2,20,26)(H,22,29)(H,23,28)(H,24,27)(H,30,31). The predicted octanol–water partition coefficient (Wildman–Crippen LogP) is -2.19. The number of carbonyl (C=O) groups excluding carboxylic acids is 4. The summed E-state index contributed by atoms with van der Waals surface area (Å²) in [5.41, 5.74) is 10.9. The number of nitrogens with one attached hydrogen (secondary N) is 3. The average molecular weight is 446 g/mol. The SMILES string of the molecule is CC(C)CC(NC(=O)C(CO)NC(=O)C(CCC(N)=O)NC(=O)C(N)C(C)C)C(=O)O. The first-order chi connectivity index (χ1) is 14.3. The lowest BCUT2D eigenvalue weighted by atomic mass is 10.0. The van der Waals surface area contributed by atoms with Crippen LogP contribution in [0.3, 0.4) is 0 Å². The van der Waals surface area contributed by atoms with E-state index in [9.17, 15) is 34.2 Å². The van der Waals surface area contributed by atoms with Crippen LogP contribution in [0.5, 0.6) is 0 Å². The van der Waals surface area contributed by atoms with Gasteiger partial charge in [-0.15, -0.1) is 0 Å². The van der Waals surface area contributed by atoms with E-state index in [0.29, 0.717) is 0 Å². The summed E-state index contributed by atoms with van der Waals surface area (Å²) in [4.78, 5) is 59.7. The minimum atomic E-state index is -1.46. The molecule has 0 aromatic carbocycles. The van der Waals surface area contributed by atoms with Crippen molar-refractivity contribution in [1.29, 1.82) is 0 Å². The minimum Gasteiger partial charge on any atom is -0.480 e. The number of primary amides is 1. The highest BCUT2D eigenvalue weighted by Crippen LogP contribution is 2.06. The van der Waals surface area contributed by atoms with Gasteiger partial charge in [-0.2, -0.15) is 0 Å². The predicted molar refractivity (Wildman–Crippen MR) is 111 cm³/mol. The monoisotopic (exact) mass is 445 g/mol. The maximum atomic E-state index is 12.6. The van der Waals surface area contributed by atoms with Crippen LogP contribution in [0.1, 0.15) is 47.0 Å². The van der Waals surface area contributed by atoms with Gasteiger partial charge >= 0.3 is 5.97 Å². The fourth-order valence-corrected chi connectivity index (χ4v) is 2.56. The molecule has 12 heteroatoms. The minimum absolute atomic E-state index is 0.0258. The zero-order valence-corrected chi connectivity index (χ0v) is 18.4. The molecule has 0 heterocycles. The Balaban J connectivity index is 5.30. The van der Waals surface area contributed by atoms with E-state index in [0.717, 1.165) is 0 Å². The highest BCUT2D eigenvalue weighted by atomic mass is 16.4. The van der Waals surface area contributed by atoms with Crippen molar-refractivity contribution in [3.05, 3.63) is 0 Å². The summed E-state index contributed by atoms with van der Waals surface area (Å²) in [5, 5.41) is 25.7. The van der Waals surface area contributed by atoms with Gasteiger partial charge in [0, 0.05) is 6.42 Å². The first kappa shape index (κ1) is 28.3. The molecule has 0 aromatic heterocycles. The number of carboxylic acid groups (broad SMARTS) is 1. The molecule has 0 aliphatic heterocycles. The number of aliphatic carboxylic acids is 1. The molecule has 4 atom stereocenters. The number of carboxylic acids is 1. The lowest BCUT2D eigenvalue weighted by Gasteiger charge is -2.25. The third-order valence-corrected chi connectivity index (χ3v) is 4.47. The van der Waals surface area contributed by atoms with Crippen molar-refractivity contribution in [3.8, 4) is 0 Å². The third-order valence-electron chi connectivity index (χ3n) is 4.47. The van der Waals surface area contributed by atoms with Crippen LogP contribution in [0.4, 0.5) is 0 Å². The summed E-state index contributed by atoms with van der Waals surface area (Å²) < 4.78 is 0. The number of aliphatic hydroxyl groups is 1. The molecule has 0 saturated carbocycles. The van der Waals surface area contributed by atoms with E-state index in [1.165, 1.54) is 0 Å². The van der Waals surface area contributed by atoms with Crippen LogP contribution in [0.15, 0.2) is 0 Å². The molecule has 4 amide bonds. The van der Waals surface area contributed by atoms with Crippen molar-refractivity contribution in [3.63, 3.8) is 0 Å². The molecule has 12 nitrogen and oxygen atoms in total. The molecule has 178 valence electrons. The van der Waals surface area contributed by atoms with E-state index in [-0.39, 0.29) is 31.1 Å². The largest absolute Gasteiger partial charge is 0.480 e. The van der Waals surface area contributed by atoms with Gasteiger partial charge < -0.3 is 37.6 Å². The Hall–Kier alpha value is -2.73. The Labute approximate surface area is 181 Å². The lowest BCUT2D eigenvalue weighted by molar-refractivity contribution is -0.143. The number of hydrogen-bond acceptors (Lipinski definition) is 7. The van der Waals surface area contributed by atoms with Gasteiger partial charge in [-0.25, -0.2) is 4.79 Å². The zero-order valence-electron chi connectivity index (χ0n) is 18.4. The summed E-state index contributed by atoms with van der Waals surface area (Å²) in [7, 11) is 0. The number of nitrogens with two attached hydrogens (primary N) is 2. The summed E-state index contributed by atoms with van der Waals surface area (Å²) in [5.74, 6) is -4.58. The topological polar surface area (TPSA) is 214 Å². The number of amides is 4. The van der Waals surface area contributed by atoms with Crippen molar-refractivity contribution < 1.29 is 34.2 Å². The van der Waals surface area contributed by atoms with Gasteiger partial charge in [-0.3, -0.25) is 19.2 Å². The third kappa shape index (κ3) is 10.7. The molecule has 0 radical (unpaired) electrons. The fourth-order valence-electron chi connectivity index (χ4n) is 2.56. The molecule has 0 spiro atoms. The molecule has 0 aliphatic rings. The van der Waals surface area contributed by atoms with Crippen LogP contribution in [0.25, 0.3) is 0 Å². The number of aliphatic hydroxyl groups excluding tert-OH is 1. The zero-order chi connectivity index (χ0) is 24.3. The van der Waals surface area contributed by atoms with Crippen LogP contribution >= 0.6 is 0 Å². The normalized spacial score (nSPS) is 15.0. The molecule has 4 unspecified atom stereocenters. The second-order valence-electron chi connectivity index (χ2n) is 8.11. The smallest absolute Gasteiger partial charge is 0.326 e. The number of rotatable bonds is 14. The Morgan fingerprint density at radius 2 is 1.32 bits per heavy atom. The Bertz CT molecular complexity index is 654. The van der Waals surface area contributed by atoms with Crippen LogP contribution in [-0.4, -0.2) is 70.6 Å². The Morgan fingerprint density at radius 3 is 1.74 bits per heavy atom. The molecular weight excluding hydrogens is 410 g/mol. The number of carbonyl (C=O) groups is 5. The summed E-state index contributed by atoms with van der Waals surface area (Å²) in [6, 6.07) is -4.81. The van der Waals surface area contributed by atoms with Gasteiger partial charge in [0.1, 0.15) is 18.1 Å². The van der Waals surface area contributed by atoms with Crippen LogP contribution in [0, 0.1) is 11.8 Å². The Morgan fingerprint density at radius 1 is 0.839 bits per heavy atom. The molecule has 0 aromatic rings. The average Bonchev–Trinajstić information content (AvgIpc) is 2.66. The van der Waals surface area contributed by atoms with E-state index in [1.807, 2.05) is 0 Å². The maximum absolute atomic E-state index is 12.6. The maximum Gasteiger partial charge on any atom is 0.326 e. The molecule has 0 bridgehead atoms. The van der Waals surface area contributed by atoms with Crippen LogP contribution < -0.4 is 27.4 Å². The van der Waals surface area contributed by atoms with Gasteiger partial charge in [-0.1, -0.05) is 27.7 Å². The van der Waals surface area contributed by atoms with Crippen molar-refractivity contribution in [2.75, 3.05) is 6.61 Å². The van der Waals surface area contributed by atoms with E-state index in [4.69, 9.17) is 11.5 Å². The van der Waals surface area contributed by atoms with Crippen molar-refractivity contribution >= 4 is 29.6 Å². The van der Waals surface area contributed by atoms with Crippen LogP contribution in [-0.2, 0) is 24.0 Å². The second kappa shape index (κ2) is 13.5. The van der Waals surface area contributed by atoms with E-state index >= 15 is 0 Å².